The van der Waals surface area contributed by atoms with Gasteiger partial charge in [-0.25, -0.2) is 4.79 Å². The maximum Gasteiger partial charge on any atom is 0.368 e. The Hall–Kier alpha value is -2.03. The van der Waals surface area contributed by atoms with Crippen molar-refractivity contribution in [2.24, 2.45) is 9.98 Å². The van der Waals surface area contributed by atoms with E-state index in [-0.39, 0.29) is 0 Å². The summed E-state index contributed by atoms with van der Waals surface area (Å²) in [7, 11) is 0. The van der Waals surface area contributed by atoms with Crippen LogP contribution in [0.5, 0.6) is 0 Å². The zero-order chi connectivity index (χ0) is 10.1. The number of carbonyl (C=O) groups is 1. The van der Waals surface area contributed by atoms with Gasteiger partial charge in [0.1, 0.15) is 5.36 Å². The third-order valence-electron chi connectivity index (χ3n) is 2.08. The highest BCUT2D eigenvalue weighted by Crippen LogP contribution is 2.05. The lowest BCUT2D eigenvalue weighted by molar-refractivity contribution is 0.256. The molecule has 1 heterocycles. The van der Waals surface area contributed by atoms with Crippen LogP contribution in [0, 0.1) is 0 Å². The van der Waals surface area contributed by atoms with Crippen LogP contribution in [-0.2, 0) is 0 Å². The van der Waals surface area contributed by atoms with Gasteiger partial charge >= 0.3 is 6.03 Å². The molecule has 1 aromatic carbocycles. The molecule has 1 aliphatic heterocycles. The smallest absolute Gasteiger partial charge is 0.244 e. The molecule has 0 spiro atoms. The molecule has 0 saturated heterocycles. The van der Waals surface area contributed by atoms with Crippen molar-refractivity contribution >= 4 is 18.2 Å². The lowest BCUT2D eigenvalue weighted by Crippen LogP contribution is -2.25. The molecule has 0 saturated carbocycles. The van der Waals surface area contributed by atoms with E-state index in [1.807, 2.05) is 6.07 Å². The lowest BCUT2D eigenvalue weighted by Gasteiger charge is -1.97. The molecule has 0 aliphatic carbocycles. The standard InChI is InChI=1S/C11H8N2O/c1-3-7-5-6-9-10(8(7)4-2)13-11(14)12-9/h3-6H,1-2H2. The fourth-order valence-electron chi connectivity index (χ4n) is 1.44. The minimum absolute atomic E-state index is 0.454. The highest BCUT2D eigenvalue weighted by atomic mass is 16.2. The van der Waals surface area contributed by atoms with Gasteiger partial charge in [-0.05, 0) is 11.6 Å². The Balaban J connectivity index is 2.94. The van der Waals surface area contributed by atoms with Crippen molar-refractivity contribution in [3.05, 3.63) is 47.1 Å². The van der Waals surface area contributed by atoms with Crippen molar-refractivity contribution in [2.45, 2.75) is 0 Å². The number of hydrogen-bond donors (Lipinski definition) is 0. The molecule has 0 fully saturated rings. The fourth-order valence-corrected chi connectivity index (χ4v) is 1.44. The number of fused-ring (bicyclic) bond motifs is 1. The first-order valence-corrected chi connectivity index (χ1v) is 4.15. The van der Waals surface area contributed by atoms with Gasteiger partial charge in [-0.1, -0.05) is 31.4 Å². The second kappa shape index (κ2) is 3.03. The largest absolute Gasteiger partial charge is 0.368 e. The molecule has 1 aromatic rings. The highest BCUT2D eigenvalue weighted by molar-refractivity contribution is 5.78. The van der Waals surface area contributed by atoms with Crippen LogP contribution in [0.2, 0.25) is 0 Å². The molecule has 2 amide bonds. The predicted octanol–water partition coefficient (Wildman–Crippen LogP) is 1.35. The zero-order valence-corrected chi connectivity index (χ0v) is 7.53. The number of amides is 2. The second-order valence-electron chi connectivity index (χ2n) is 2.85. The molecule has 0 unspecified atom stereocenters. The molecule has 0 N–H and O–H groups in total. The maximum atomic E-state index is 11.0. The van der Waals surface area contributed by atoms with Crippen molar-refractivity contribution in [3.8, 4) is 0 Å². The van der Waals surface area contributed by atoms with E-state index < -0.39 is 6.03 Å². The first kappa shape index (κ1) is 8.56. The Kier molecular flexibility index (Phi) is 1.85. The van der Waals surface area contributed by atoms with Gasteiger partial charge in [0, 0.05) is 5.56 Å². The molecule has 0 atom stereocenters. The summed E-state index contributed by atoms with van der Waals surface area (Å²) in [5.41, 5.74) is 1.72. The SMILES string of the molecule is C=Cc1ccc2c(c1C=C)=NC(=O)N=2. The van der Waals surface area contributed by atoms with E-state index in [4.69, 9.17) is 0 Å². The Morgan fingerprint density at radius 1 is 1.14 bits per heavy atom. The summed E-state index contributed by atoms with van der Waals surface area (Å²) in [4.78, 5) is 18.5. The minimum Gasteiger partial charge on any atom is -0.244 e. The van der Waals surface area contributed by atoms with Gasteiger partial charge in [-0.2, -0.15) is 9.98 Å². The van der Waals surface area contributed by atoms with Gasteiger partial charge in [0.05, 0.1) is 5.36 Å². The predicted molar refractivity (Wildman–Crippen MR) is 54.3 cm³/mol. The molecule has 3 heteroatoms. The van der Waals surface area contributed by atoms with E-state index in [1.165, 1.54) is 0 Å². The summed E-state index contributed by atoms with van der Waals surface area (Å²) >= 11 is 0. The third-order valence-corrected chi connectivity index (χ3v) is 2.08. The van der Waals surface area contributed by atoms with Crippen LogP contribution in [0.4, 0.5) is 4.79 Å². The first-order chi connectivity index (χ1) is 6.76. The maximum absolute atomic E-state index is 11.0. The summed E-state index contributed by atoms with van der Waals surface area (Å²) in [6, 6.07) is 3.15. The van der Waals surface area contributed by atoms with Gasteiger partial charge in [-0.3, -0.25) is 0 Å². The van der Waals surface area contributed by atoms with Gasteiger partial charge in [-0.15, -0.1) is 0 Å². The number of rotatable bonds is 2. The summed E-state index contributed by atoms with van der Waals surface area (Å²) in [5.74, 6) is 0. The highest BCUT2D eigenvalue weighted by Gasteiger charge is 2.09. The van der Waals surface area contributed by atoms with Crippen molar-refractivity contribution < 1.29 is 4.79 Å². The average Bonchev–Trinajstić information content (AvgIpc) is 2.56. The van der Waals surface area contributed by atoms with Crippen LogP contribution in [0.15, 0.2) is 35.3 Å². The second-order valence-corrected chi connectivity index (χ2v) is 2.85. The molecule has 0 aromatic heterocycles. The quantitative estimate of drug-likeness (QED) is 0.684. The van der Waals surface area contributed by atoms with Gasteiger partial charge in [0.2, 0.25) is 0 Å². The molecule has 14 heavy (non-hydrogen) atoms. The van der Waals surface area contributed by atoms with Gasteiger partial charge in [0.15, 0.2) is 0 Å². The van der Waals surface area contributed by atoms with E-state index in [1.54, 1.807) is 18.2 Å². The van der Waals surface area contributed by atoms with Crippen molar-refractivity contribution in [1.82, 2.24) is 0 Å². The van der Waals surface area contributed by atoms with Crippen LogP contribution >= 0.6 is 0 Å². The van der Waals surface area contributed by atoms with Crippen LogP contribution in [0.1, 0.15) is 11.1 Å². The average molecular weight is 184 g/mol. The monoisotopic (exact) mass is 184 g/mol. The van der Waals surface area contributed by atoms with Crippen molar-refractivity contribution in [2.75, 3.05) is 0 Å². The Labute approximate surface area is 80.8 Å². The van der Waals surface area contributed by atoms with E-state index in [0.29, 0.717) is 10.7 Å². The summed E-state index contributed by atoms with van der Waals surface area (Å²) in [5, 5.41) is 1.21. The lowest BCUT2D eigenvalue weighted by atomic mass is 10.1. The van der Waals surface area contributed by atoms with Crippen LogP contribution in [-0.4, -0.2) is 6.03 Å². The first-order valence-electron chi connectivity index (χ1n) is 4.15. The Morgan fingerprint density at radius 2 is 1.93 bits per heavy atom. The molecule has 68 valence electrons. The van der Waals surface area contributed by atoms with E-state index in [2.05, 4.69) is 23.1 Å². The van der Waals surface area contributed by atoms with Crippen molar-refractivity contribution in [1.29, 1.82) is 0 Å². The number of hydrogen-bond acceptors (Lipinski definition) is 1. The molecule has 3 nitrogen and oxygen atoms in total. The van der Waals surface area contributed by atoms with Crippen LogP contribution < -0.4 is 10.7 Å². The molecule has 0 bridgehead atoms. The van der Waals surface area contributed by atoms with E-state index >= 15 is 0 Å². The van der Waals surface area contributed by atoms with E-state index in [9.17, 15) is 4.79 Å². The molecule has 2 rings (SSSR count). The van der Waals surface area contributed by atoms with E-state index in [0.717, 1.165) is 11.1 Å². The molecule has 1 aliphatic rings. The number of urea groups is 1. The number of nitrogens with zero attached hydrogens (tertiary/aromatic N) is 2. The Bertz CT molecular complexity index is 555. The fraction of sp³-hybridized carbons (Fsp3) is 0. The van der Waals surface area contributed by atoms with Gasteiger partial charge < -0.3 is 0 Å². The number of benzene rings is 1. The summed E-state index contributed by atoms with van der Waals surface area (Å²) < 4.78 is 0. The van der Waals surface area contributed by atoms with Crippen LogP contribution in [0.25, 0.3) is 12.2 Å². The zero-order valence-electron chi connectivity index (χ0n) is 7.53. The third kappa shape index (κ3) is 1.10. The van der Waals surface area contributed by atoms with Gasteiger partial charge in [0.25, 0.3) is 0 Å². The Morgan fingerprint density at radius 3 is 2.57 bits per heavy atom. The summed E-state index contributed by atoms with van der Waals surface area (Å²) in [6.07, 6.45) is 3.36. The molecular formula is C11H8N2O. The normalized spacial score (nSPS) is 12.7. The number of carbonyl (C=O) groups excluding carboxylic acids is 1. The molecular weight excluding hydrogens is 176 g/mol. The minimum atomic E-state index is -0.454. The summed E-state index contributed by atoms with van der Waals surface area (Å²) in [6.45, 7) is 7.36. The topological polar surface area (TPSA) is 41.8 Å². The van der Waals surface area contributed by atoms with Crippen LogP contribution in [0.3, 0.4) is 0 Å². The van der Waals surface area contributed by atoms with Crippen molar-refractivity contribution in [3.63, 3.8) is 0 Å². The molecule has 0 radical (unpaired) electrons.